The van der Waals surface area contributed by atoms with Gasteiger partial charge in [0.05, 0.1) is 6.73 Å². The van der Waals surface area contributed by atoms with Crippen LogP contribution in [0.1, 0.15) is 12.8 Å². The lowest BCUT2D eigenvalue weighted by atomic mass is 9.97. The largest absolute Gasteiger partial charge is 0.381 e. The number of piperidine rings is 1. The van der Waals surface area contributed by atoms with E-state index in [1.807, 2.05) is 11.9 Å². The molecule has 0 aromatic heterocycles. The van der Waals surface area contributed by atoms with Crippen LogP contribution in [0.25, 0.3) is 0 Å². The van der Waals surface area contributed by atoms with Crippen LogP contribution in [0.5, 0.6) is 0 Å². The van der Waals surface area contributed by atoms with Gasteiger partial charge in [0.15, 0.2) is 0 Å². The zero-order valence-corrected chi connectivity index (χ0v) is 8.16. The van der Waals surface area contributed by atoms with Crippen LogP contribution in [0.15, 0.2) is 0 Å². The lowest BCUT2D eigenvalue weighted by Crippen LogP contribution is -2.35. The molecule has 0 radical (unpaired) electrons. The molecule has 3 heteroatoms. The Morgan fingerprint density at radius 1 is 1.42 bits per heavy atom. The molecule has 3 nitrogen and oxygen atoms in total. The highest BCUT2D eigenvalue weighted by Gasteiger charge is 2.17. The first-order chi connectivity index (χ1) is 5.72. The molecule has 1 saturated heterocycles. The molecule has 0 aromatic carbocycles. The maximum atomic E-state index is 8.83. The number of aliphatic hydroxyl groups is 1. The van der Waals surface area contributed by atoms with Gasteiger partial charge >= 0.3 is 0 Å². The summed E-state index contributed by atoms with van der Waals surface area (Å²) in [5.74, 6) is 0.790. The molecule has 72 valence electrons. The molecule has 1 fully saturated rings. The third-order valence-corrected chi connectivity index (χ3v) is 2.65. The van der Waals surface area contributed by atoms with Crippen LogP contribution in [-0.4, -0.2) is 55.4 Å². The summed E-state index contributed by atoms with van der Waals surface area (Å²) in [6, 6.07) is 0. The quantitative estimate of drug-likeness (QED) is 0.616. The van der Waals surface area contributed by atoms with E-state index >= 15 is 0 Å². The zero-order chi connectivity index (χ0) is 8.97. The summed E-state index contributed by atoms with van der Waals surface area (Å²) in [6.07, 6.45) is 2.56. The Morgan fingerprint density at radius 2 is 2.00 bits per heavy atom. The van der Waals surface area contributed by atoms with Crippen molar-refractivity contribution in [1.82, 2.24) is 9.80 Å². The molecular formula is C9H20N2O. The molecule has 1 rings (SSSR count). The van der Waals surface area contributed by atoms with Crippen molar-refractivity contribution < 1.29 is 5.11 Å². The number of aliphatic hydroxyl groups excluding tert-OH is 1. The summed E-state index contributed by atoms with van der Waals surface area (Å²) in [6.45, 7) is 3.66. The predicted molar refractivity (Wildman–Crippen MR) is 49.9 cm³/mol. The van der Waals surface area contributed by atoms with Gasteiger partial charge in [-0.3, -0.25) is 4.90 Å². The molecule has 0 saturated carbocycles. The predicted octanol–water partition coefficient (Wildman–Crippen LogP) is 0.210. The second-order valence-corrected chi connectivity index (χ2v) is 3.93. The molecule has 12 heavy (non-hydrogen) atoms. The SMILES string of the molecule is CN1CCC(CN(C)CO)CC1. The first-order valence-corrected chi connectivity index (χ1v) is 4.70. The molecule has 0 aliphatic carbocycles. The van der Waals surface area contributed by atoms with Crippen molar-refractivity contribution in [1.29, 1.82) is 0 Å². The van der Waals surface area contributed by atoms with Gasteiger partial charge in [-0.1, -0.05) is 0 Å². The molecule has 1 aliphatic heterocycles. The van der Waals surface area contributed by atoms with E-state index < -0.39 is 0 Å². The van der Waals surface area contributed by atoms with E-state index in [0.29, 0.717) is 0 Å². The molecule has 1 aliphatic rings. The van der Waals surface area contributed by atoms with Gasteiger partial charge in [-0.25, -0.2) is 0 Å². The van der Waals surface area contributed by atoms with E-state index in [2.05, 4.69) is 11.9 Å². The molecular weight excluding hydrogens is 152 g/mol. The van der Waals surface area contributed by atoms with Gasteiger partial charge in [-0.2, -0.15) is 0 Å². The van der Waals surface area contributed by atoms with E-state index in [-0.39, 0.29) is 6.73 Å². The number of nitrogens with zero attached hydrogens (tertiary/aromatic N) is 2. The van der Waals surface area contributed by atoms with Crippen LogP contribution in [-0.2, 0) is 0 Å². The van der Waals surface area contributed by atoms with E-state index in [1.54, 1.807) is 0 Å². The van der Waals surface area contributed by atoms with Gasteiger partial charge in [-0.05, 0) is 45.9 Å². The first kappa shape index (κ1) is 9.96. The van der Waals surface area contributed by atoms with Gasteiger partial charge in [-0.15, -0.1) is 0 Å². The van der Waals surface area contributed by atoms with Crippen molar-refractivity contribution >= 4 is 0 Å². The summed E-state index contributed by atoms with van der Waals surface area (Å²) >= 11 is 0. The maximum Gasteiger partial charge on any atom is 0.0954 e. The summed E-state index contributed by atoms with van der Waals surface area (Å²) in [5, 5.41) is 8.83. The van der Waals surface area contributed by atoms with Crippen LogP contribution in [0.3, 0.4) is 0 Å². The Kier molecular flexibility index (Phi) is 3.98. The molecule has 0 spiro atoms. The number of likely N-dealkylation sites (tertiary alicyclic amines) is 1. The van der Waals surface area contributed by atoms with Crippen LogP contribution in [0, 0.1) is 5.92 Å². The topological polar surface area (TPSA) is 26.7 Å². The van der Waals surface area contributed by atoms with Crippen LogP contribution in [0.4, 0.5) is 0 Å². The van der Waals surface area contributed by atoms with E-state index in [1.165, 1.54) is 25.9 Å². The molecule has 0 aromatic rings. The fourth-order valence-electron chi connectivity index (χ4n) is 1.74. The minimum atomic E-state index is 0.187. The summed E-state index contributed by atoms with van der Waals surface area (Å²) in [5.41, 5.74) is 0. The summed E-state index contributed by atoms with van der Waals surface area (Å²) in [4.78, 5) is 4.35. The van der Waals surface area contributed by atoms with Gasteiger partial charge in [0.25, 0.3) is 0 Å². The maximum absolute atomic E-state index is 8.83. The molecule has 1 N–H and O–H groups in total. The molecule has 1 heterocycles. The zero-order valence-electron chi connectivity index (χ0n) is 8.16. The lowest BCUT2D eigenvalue weighted by Gasteiger charge is -2.30. The molecule has 0 amide bonds. The number of hydrogen-bond donors (Lipinski definition) is 1. The molecule has 0 bridgehead atoms. The fourth-order valence-corrected chi connectivity index (χ4v) is 1.74. The smallest absolute Gasteiger partial charge is 0.0954 e. The van der Waals surface area contributed by atoms with Crippen molar-refractivity contribution in [3.05, 3.63) is 0 Å². The highest BCUT2D eigenvalue weighted by Crippen LogP contribution is 2.16. The Hall–Kier alpha value is -0.120. The minimum absolute atomic E-state index is 0.187. The monoisotopic (exact) mass is 172 g/mol. The van der Waals surface area contributed by atoms with Crippen LogP contribution < -0.4 is 0 Å². The van der Waals surface area contributed by atoms with Gasteiger partial charge in [0, 0.05) is 6.54 Å². The van der Waals surface area contributed by atoms with Crippen molar-refractivity contribution in [2.75, 3.05) is 40.5 Å². The third-order valence-electron chi connectivity index (χ3n) is 2.65. The fraction of sp³-hybridized carbons (Fsp3) is 1.00. The van der Waals surface area contributed by atoms with Crippen LogP contribution in [0.2, 0.25) is 0 Å². The summed E-state index contributed by atoms with van der Waals surface area (Å²) < 4.78 is 0. The first-order valence-electron chi connectivity index (χ1n) is 4.70. The van der Waals surface area contributed by atoms with Gasteiger partial charge < -0.3 is 10.0 Å². The standard InChI is InChI=1S/C9H20N2O/c1-10-5-3-9(4-6-10)7-11(2)8-12/h9,12H,3-8H2,1-2H3. The van der Waals surface area contributed by atoms with E-state index in [4.69, 9.17) is 5.11 Å². The van der Waals surface area contributed by atoms with Gasteiger partial charge in [0.1, 0.15) is 0 Å². The van der Waals surface area contributed by atoms with Crippen molar-refractivity contribution in [2.45, 2.75) is 12.8 Å². The Labute approximate surface area is 75.0 Å². The van der Waals surface area contributed by atoms with Crippen molar-refractivity contribution in [3.63, 3.8) is 0 Å². The van der Waals surface area contributed by atoms with Crippen molar-refractivity contribution in [2.24, 2.45) is 5.92 Å². The second kappa shape index (κ2) is 4.80. The Bertz CT molecular complexity index is 122. The van der Waals surface area contributed by atoms with E-state index in [9.17, 15) is 0 Å². The lowest BCUT2D eigenvalue weighted by molar-refractivity contribution is 0.0979. The normalized spacial score (nSPS) is 22.0. The molecule has 0 atom stereocenters. The molecule has 0 unspecified atom stereocenters. The van der Waals surface area contributed by atoms with Crippen LogP contribution >= 0.6 is 0 Å². The number of rotatable bonds is 3. The van der Waals surface area contributed by atoms with Gasteiger partial charge in [0.2, 0.25) is 0 Å². The summed E-state index contributed by atoms with van der Waals surface area (Å²) in [7, 11) is 4.14. The van der Waals surface area contributed by atoms with Crippen molar-refractivity contribution in [3.8, 4) is 0 Å². The Balaban J connectivity index is 2.17. The average Bonchev–Trinajstić information content (AvgIpc) is 2.09. The second-order valence-electron chi connectivity index (χ2n) is 3.93. The highest BCUT2D eigenvalue weighted by atomic mass is 16.3. The average molecular weight is 172 g/mol. The van der Waals surface area contributed by atoms with E-state index in [0.717, 1.165) is 12.5 Å². The number of hydrogen-bond acceptors (Lipinski definition) is 3. The minimum Gasteiger partial charge on any atom is -0.381 e. The Morgan fingerprint density at radius 3 is 2.50 bits per heavy atom. The third kappa shape index (κ3) is 3.09. The highest BCUT2D eigenvalue weighted by molar-refractivity contribution is 4.71.